The van der Waals surface area contributed by atoms with Crippen molar-refractivity contribution in [2.45, 2.75) is 39.3 Å². The van der Waals surface area contributed by atoms with Crippen LogP contribution in [0.5, 0.6) is 5.75 Å². The molecule has 0 bridgehead atoms. The number of hydrogen-bond acceptors (Lipinski definition) is 1. The van der Waals surface area contributed by atoms with E-state index in [1.807, 2.05) is 0 Å². The van der Waals surface area contributed by atoms with Gasteiger partial charge in [-0.15, -0.1) is 0 Å². The van der Waals surface area contributed by atoms with Crippen molar-refractivity contribution >= 4 is 0 Å². The lowest BCUT2D eigenvalue weighted by Crippen LogP contribution is -2.21. The van der Waals surface area contributed by atoms with Gasteiger partial charge in [0.2, 0.25) is 0 Å². The molecule has 0 aliphatic carbocycles. The van der Waals surface area contributed by atoms with Crippen molar-refractivity contribution in [1.82, 2.24) is 0 Å². The fraction of sp³-hybridized carbons (Fsp3) is 0.500. The van der Waals surface area contributed by atoms with Crippen LogP contribution >= 0.6 is 0 Å². The summed E-state index contributed by atoms with van der Waals surface area (Å²) in [6.07, 6.45) is -4.64. The smallest absolute Gasteiger partial charge is 0.417 e. The molecule has 0 radical (unpaired) electrons. The Hall–Kier alpha value is -1.26. The average molecular weight is 250 g/mol. The van der Waals surface area contributed by atoms with Crippen LogP contribution in [0.25, 0.3) is 0 Å². The maximum absolute atomic E-state index is 13.3. The highest BCUT2D eigenvalue weighted by Gasteiger charge is 2.39. The van der Waals surface area contributed by atoms with Gasteiger partial charge in [0.15, 0.2) is 11.6 Å². The van der Waals surface area contributed by atoms with Gasteiger partial charge in [-0.2, -0.15) is 13.2 Å². The minimum absolute atomic E-state index is 0.110. The zero-order valence-electron chi connectivity index (χ0n) is 10.0. The van der Waals surface area contributed by atoms with Crippen LogP contribution in [0.15, 0.2) is 6.07 Å². The van der Waals surface area contributed by atoms with E-state index in [4.69, 9.17) is 0 Å². The molecule has 0 heterocycles. The molecule has 0 unspecified atom stereocenters. The van der Waals surface area contributed by atoms with Gasteiger partial charge in [-0.25, -0.2) is 4.39 Å². The Morgan fingerprint density at radius 3 is 1.94 bits per heavy atom. The first-order valence-corrected chi connectivity index (χ1v) is 5.06. The van der Waals surface area contributed by atoms with Crippen LogP contribution in [0, 0.1) is 12.7 Å². The summed E-state index contributed by atoms with van der Waals surface area (Å²) in [6, 6.07) is 0.852. The highest BCUT2D eigenvalue weighted by Crippen LogP contribution is 2.42. The van der Waals surface area contributed by atoms with Crippen LogP contribution in [0.2, 0.25) is 0 Å². The van der Waals surface area contributed by atoms with E-state index in [-0.39, 0.29) is 5.56 Å². The molecule has 0 amide bonds. The minimum atomic E-state index is -4.64. The van der Waals surface area contributed by atoms with Gasteiger partial charge in [0.05, 0.1) is 5.56 Å². The lowest BCUT2D eigenvalue weighted by atomic mass is 9.81. The van der Waals surface area contributed by atoms with E-state index >= 15 is 0 Å². The van der Waals surface area contributed by atoms with Gasteiger partial charge >= 0.3 is 6.18 Å². The van der Waals surface area contributed by atoms with Crippen molar-refractivity contribution in [3.8, 4) is 5.75 Å². The van der Waals surface area contributed by atoms with E-state index in [0.717, 1.165) is 13.0 Å². The summed E-state index contributed by atoms with van der Waals surface area (Å²) in [5.41, 5.74) is -2.51. The van der Waals surface area contributed by atoms with E-state index in [2.05, 4.69) is 0 Å². The second-order valence-corrected chi connectivity index (χ2v) is 5.00. The molecule has 1 N–H and O–H groups in total. The number of aromatic hydroxyl groups is 1. The summed E-state index contributed by atoms with van der Waals surface area (Å²) in [5.74, 6) is -1.97. The van der Waals surface area contributed by atoms with Crippen molar-refractivity contribution in [2.75, 3.05) is 0 Å². The van der Waals surface area contributed by atoms with Crippen molar-refractivity contribution in [3.63, 3.8) is 0 Å². The maximum Gasteiger partial charge on any atom is 0.417 e. The van der Waals surface area contributed by atoms with Crippen LogP contribution in [0.4, 0.5) is 17.6 Å². The largest absolute Gasteiger partial charge is 0.505 e. The monoisotopic (exact) mass is 250 g/mol. The Morgan fingerprint density at radius 2 is 1.59 bits per heavy atom. The molecule has 0 spiro atoms. The molecule has 0 atom stereocenters. The number of phenols is 1. The first-order valence-electron chi connectivity index (χ1n) is 5.06. The third-order valence-electron chi connectivity index (χ3n) is 2.57. The Balaban J connectivity index is 3.71. The van der Waals surface area contributed by atoms with Crippen LogP contribution in [-0.2, 0) is 11.6 Å². The van der Waals surface area contributed by atoms with Gasteiger partial charge in [-0.1, -0.05) is 20.8 Å². The number of alkyl halides is 3. The van der Waals surface area contributed by atoms with Gasteiger partial charge < -0.3 is 5.11 Å². The molecular weight excluding hydrogens is 236 g/mol. The number of hydrogen-bond donors (Lipinski definition) is 1. The summed E-state index contributed by atoms with van der Waals surface area (Å²) < 4.78 is 52.0. The molecule has 0 saturated carbocycles. The van der Waals surface area contributed by atoms with E-state index in [0.29, 0.717) is 0 Å². The highest BCUT2D eigenvalue weighted by atomic mass is 19.4. The molecular formula is C12H14F4O. The zero-order valence-corrected chi connectivity index (χ0v) is 10.0. The second kappa shape index (κ2) is 3.89. The van der Waals surface area contributed by atoms with Gasteiger partial charge in [-0.3, -0.25) is 0 Å². The molecule has 96 valence electrons. The lowest BCUT2D eigenvalue weighted by Gasteiger charge is -2.26. The van der Waals surface area contributed by atoms with Crippen molar-refractivity contribution in [2.24, 2.45) is 0 Å². The van der Waals surface area contributed by atoms with E-state index < -0.39 is 34.3 Å². The average Bonchev–Trinajstić information content (AvgIpc) is 2.09. The topological polar surface area (TPSA) is 20.2 Å². The van der Waals surface area contributed by atoms with Crippen LogP contribution in [0.3, 0.4) is 0 Å². The molecule has 1 aromatic carbocycles. The Morgan fingerprint density at radius 1 is 1.12 bits per heavy atom. The Bertz CT molecular complexity index is 441. The summed E-state index contributed by atoms with van der Waals surface area (Å²) in [6.45, 7) is 5.75. The van der Waals surface area contributed by atoms with Crippen molar-refractivity contribution in [1.29, 1.82) is 0 Å². The highest BCUT2D eigenvalue weighted by molar-refractivity contribution is 5.47. The number of benzene rings is 1. The summed E-state index contributed by atoms with van der Waals surface area (Å²) in [4.78, 5) is 0. The molecule has 1 nitrogen and oxygen atoms in total. The molecule has 0 aromatic heterocycles. The van der Waals surface area contributed by atoms with Gasteiger partial charge in [0.1, 0.15) is 0 Å². The number of halogens is 4. The predicted octanol–water partition coefficient (Wildman–Crippen LogP) is 4.16. The number of phenolic OH excluding ortho intramolecular Hbond substituents is 1. The molecule has 1 rings (SSSR count). The standard InChI is InChI=1S/C12H14F4O/c1-6-9(12(14,15)16)7(11(2,3)4)5-8(17)10(6)13/h5,17H,1-4H3. The molecule has 0 saturated heterocycles. The van der Waals surface area contributed by atoms with Crippen LogP contribution in [0.1, 0.15) is 37.5 Å². The van der Waals surface area contributed by atoms with Gasteiger partial charge in [-0.05, 0) is 24.0 Å². The van der Waals surface area contributed by atoms with Crippen LogP contribution in [-0.4, -0.2) is 5.11 Å². The van der Waals surface area contributed by atoms with Crippen LogP contribution < -0.4 is 0 Å². The second-order valence-electron chi connectivity index (χ2n) is 5.00. The zero-order chi connectivity index (χ0) is 13.6. The number of rotatable bonds is 0. The van der Waals surface area contributed by atoms with Gasteiger partial charge in [0.25, 0.3) is 0 Å². The molecule has 17 heavy (non-hydrogen) atoms. The van der Waals surface area contributed by atoms with E-state index in [9.17, 15) is 22.7 Å². The predicted molar refractivity (Wildman–Crippen MR) is 56.5 cm³/mol. The molecule has 0 fully saturated rings. The first kappa shape index (κ1) is 13.8. The Labute approximate surface area is 97.1 Å². The lowest BCUT2D eigenvalue weighted by molar-refractivity contribution is -0.139. The SMILES string of the molecule is Cc1c(F)c(O)cc(C(C)(C)C)c1C(F)(F)F. The molecule has 5 heteroatoms. The van der Waals surface area contributed by atoms with E-state index in [1.54, 1.807) is 20.8 Å². The summed E-state index contributed by atoms with van der Waals surface area (Å²) >= 11 is 0. The molecule has 1 aromatic rings. The Kier molecular flexibility index (Phi) is 3.16. The third kappa shape index (κ3) is 2.53. The first-order chi connectivity index (χ1) is 7.46. The molecule has 0 aliphatic heterocycles. The fourth-order valence-electron chi connectivity index (χ4n) is 1.73. The van der Waals surface area contributed by atoms with Gasteiger partial charge in [0, 0.05) is 5.56 Å². The summed E-state index contributed by atoms with van der Waals surface area (Å²) in [7, 11) is 0. The van der Waals surface area contributed by atoms with E-state index in [1.165, 1.54) is 0 Å². The minimum Gasteiger partial charge on any atom is -0.505 e. The maximum atomic E-state index is 13.3. The quantitative estimate of drug-likeness (QED) is 0.685. The third-order valence-corrected chi connectivity index (χ3v) is 2.57. The van der Waals surface area contributed by atoms with Crippen molar-refractivity contribution < 1.29 is 22.7 Å². The molecule has 0 aliphatic rings. The fourth-order valence-corrected chi connectivity index (χ4v) is 1.73. The summed E-state index contributed by atoms with van der Waals surface area (Å²) in [5, 5.41) is 9.29. The normalized spacial score (nSPS) is 12.9. The van der Waals surface area contributed by atoms with Crippen molar-refractivity contribution in [3.05, 3.63) is 28.6 Å².